The Bertz CT molecular complexity index is 13.5. The van der Waals surface area contributed by atoms with Crippen molar-refractivity contribution in [1.29, 1.82) is 0 Å². The van der Waals surface area contributed by atoms with E-state index in [1.165, 1.54) is 0 Å². The summed E-state index contributed by atoms with van der Waals surface area (Å²) >= 11 is 0. The first-order chi connectivity index (χ1) is 1.00. The standard InChI is InChI=1S/CH4O.HI.Mg.2H/c1-2;;;;/h2H,1H3;1H;;;/q;;+2;2*-1. The van der Waals surface area contributed by atoms with Crippen molar-refractivity contribution in [2.75, 3.05) is 7.11 Å². The molecule has 1 N–H and O–H groups in total. The zero-order valence-electron chi connectivity index (χ0n) is 4.56. The topological polar surface area (TPSA) is 20.2 Å². The van der Waals surface area contributed by atoms with Crippen LogP contribution in [0.15, 0.2) is 0 Å². The van der Waals surface area contributed by atoms with Gasteiger partial charge < -0.3 is 7.96 Å². The second-order valence-electron chi connectivity index (χ2n) is 0. The van der Waals surface area contributed by atoms with E-state index >= 15 is 0 Å². The van der Waals surface area contributed by atoms with Gasteiger partial charge in [0.05, 0.1) is 0 Å². The molecule has 0 spiro atoms. The molecule has 0 aliphatic heterocycles. The van der Waals surface area contributed by atoms with Crippen LogP contribution in [-0.2, 0) is 0 Å². The Hall–Kier alpha value is 1.46. The molecule has 0 heterocycles. The molecule has 0 amide bonds. The van der Waals surface area contributed by atoms with Gasteiger partial charge in [-0.1, -0.05) is 0 Å². The fraction of sp³-hybridized carbons (Fsp3) is 1.00. The Morgan fingerprint density at radius 3 is 1.50 bits per heavy atom. The molecular formula is CH7IMgO. The molecule has 3 heteroatoms. The Labute approximate surface area is 61.9 Å². The van der Waals surface area contributed by atoms with Gasteiger partial charge in [0.2, 0.25) is 0 Å². The van der Waals surface area contributed by atoms with E-state index in [1.54, 1.807) is 0 Å². The Balaban J connectivity index is -0.000000000833. The Morgan fingerprint density at radius 2 is 1.50 bits per heavy atom. The van der Waals surface area contributed by atoms with Gasteiger partial charge in [-0.2, -0.15) is 0 Å². The maximum atomic E-state index is 7.00. The zero-order valence-corrected chi connectivity index (χ0v) is 6.31. The van der Waals surface area contributed by atoms with Crippen LogP contribution in [0.25, 0.3) is 0 Å². The summed E-state index contributed by atoms with van der Waals surface area (Å²) in [5.41, 5.74) is 0. The van der Waals surface area contributed by atoms with Crippen LogP contribution in [0.4, 0.5) is 0 Å². The van der Waals surface area contributed by atoms with Crippen LogP contribution in [0.2, 0.25) is 0 Å². The molecule has 0 bridgehead atoms. The first-order valence-corrected chi connectivity index (χ1v) is 0.447. The summed E-state index contributed by atoms with van der Waals surface area (Å²) in [6, 6.07) is 0. The number of hydrogen-bond donors (Lipinski definition) is 1. The van der Waals surface area contributed by atoms with Crippen LogP contribution < -0.4 is 0 Å². The van der Waals surface area contributed by atoms with Crippen LogP contribution in [0.1, 0.15) is 2.85 Å². The molecule has 0 aliphatic carbocycles. The van der Waals surface area contributed by atoms with E-state index in [0.29, 0.717) is 0 Å². The van der Waals surface area contributed by atoms with Crippen molar-refractivity contribution >= 4 is 47.0 Å². The predicted molar refractivity (Wildman–Crippen MR) is 31.5 cm³/mol. The van der Waals surface area contributed by atoms with Crippen molar-refractivity contribution in [3.8, 4) is 0 Å². The van der Waals surface area contributed by atoms with Crippen molar-refractivity contribution in [3.63, 3.8) is 0 Å². The quantitative estimate of drug-likeness (QED) is 0.419. The molecule has 1 nitrogen and oxygen atoms in total. The number of rotatable bonds is 0. The van der Waals surface area contributed by atoms with Crippen molar-refractivity contribution in [2.45, 2.75) is 0 Å². The third kappa shape index (κ3) is 9.83. The first-order valence-electron chi connectivity index (χ1n) is 0.447. The smallest absolute Gasteiger partial charge is 1.00 e. The summed E-state index contributed by atoms with van der Waals surface area (Å²) in [6.45, 7) is 0. The minimum Gasteiger partial charge on any atom is -1.00 e. The largest absolute Gasteiger partial charge is 2.00 e. The van der Waals surface area contributed by atoms with Gasteiger partial charge in [-0.3, -0.25) is 0 Å². The summed E-state index contributed by atoms with van der Waals surface area (Å²) in [7, 11) is 1.00. The molecule has 0 aromatic rings. The van der Waals surface area contributed by atoms with Crippen molar-refractivity contribution in [3.05, 3.63) is 0 Å². The summed E-state index contributed by atoms with van der Waals surface area (Å²) in [6.07, 6.45) is 0. The molecule has 0 unspecified atom stereocenters. The summed E-state index contributed by atoms with van der Waals surface area (Å²) < 4.78 is 0. The van der Waals surface area contributed by atoms with Crippen LogP contribution in [0.3, 0.4) is 0 Å². The number of aliphatic hydroxyl groups is 1. The van der Waals surface area contributed by atoms with Crippen LogP contribution in [0, 0.1) is 0 Å². The molecule has 0 fully saturated rings. The minimum absolute atomic E-state index is 0. The first kappa shape index (κ1) is 18.0. The minimum atomic E-state index is 0. The number of halogens is 1. The fourth-order valence-electron chi connectivity index (χ4n) is 0. The Morgan fingerprint density at radius 1 is 1.50 bits per heavy atom. The SMILES string of the molecule is CO.I.[H-].[H-].[Mg+2]. The molecule has 0 saturated carbocycles. The predicted octanol–water partition coefficient (Wildman–Crippen LogP) is 0.0707. The molecule has 26 valence electrons. The van der Waals surface area contributed by atoms with Crippen molar-refractivity contribution in [1.82, 2.24) is 0 Å². The van der Waals surface area contributed by atoms with E-state index in [1.807, 2.05) is 0 Å². The van der Waals surface area contributed by atoms with E-state index in [9.17, 15) is 0 Å². The maximum absolute atomic E-state index is 7.00. The van der Waals surface area contributed by atoms with E-state index < -0.39 is 0 Å². The van der Waals surface area contributed by atoms with E-state index in [4.69, 9.17) is 5.11 Å². The van der Waals surface area contributed by atoms with Gasteiger partial charge in [-0.05, 0) is 0 Å². The van der Waals surface area contributed by atoms with E-state index in [2.05, 4.69) is 0 Å². The van der Waals surface area contributed by atoms with Gasteiger partial charge in [0.1, 0.15) is 0 Å². The summed E-state index contributed by atoms with van der Waals surface area (Å²) in [5, 5.41) is 7.00. The molecule has 0 atom stereocenters. The molecule has 0 saturated heterocycles. The van der Waals surface area contributed by atoms with E-state index in [0.717, 1.165) is 7.11 Å². The van der Waals surface area contributed by atoms with Crippen LogP contribution in [0.5, 0.6) is 0 Å². The molecule has 0 rings (SSSR count). The molecule has 0 aromatic carbocycles. The third-order valence-electron chi connectivity index (χ3n) is 0. The van der Waals surface area contributed by atoms with E-state index in [-0.39, 0.29) is 49.9 Å². The second kappa shape index (κ2) is 25.1. The maximum Gasteiger partial charge on any atom is 2.00 e. The molecular weight excluding hydrogens is 179 g/mol. The van der Waals surface area contributed by atoms with Gasteiger partial charge in [0.25, 0.3) is 0 Å². The van der Waals surface area contributed by atoms with Gasteiger partial charge in [0.15, 0.2) is 0 Å². The third-order valence-corrected chi connectivity index (χ3v) is 0. The fourth-order valence-corrected chi connectivity index (χ4v) is 0. The van der Waals surface area contributed by atoms with Crippen molar-refractivity contribution in [2.24, 2.45) is 0 Å². The van der Waals surface area contributed by atoms with Gasteiger partial charge in [-0.15, -0.1) is 24.0 Å². The van der Waals surface area contributed by atoms with Gasteiger partial charge >= 0.3 is 23.1 Å². The monoisotopic (exact) mass is 186 g/mol. The molecule has 4 heavy (non-hydrogen) atoms. The van der Waals surface area contributed by atoms with Crippen LogP contribution >= 0.6 is 24.0 Å². The molecule has 0 aromatic heterocycles. The van der Waals surface area contributed by atoms with Crippen molar-refractivity contribution < 1.29 is 7.96 Å². The normalized spacial score (nSPS) is 1.50. The van der Waals surface area contributed by atoms with Gasteiger partial charge in [0, 0.05) is 7.11 Å². The van der Waals surface area contributed by atoms with Gasteiger partial charge in [-0.25, -0.2) is 0 Å². The number of aliphatic hydroxyl groups excluding tert-OH is 1. The average Bonchev–Trinajstić information content (AvgIpc) is 1.00. The summed E-state index contributed by atoms with van der Waals surface area (Å²) in [5.74, 6) is 0. The zero-order chi connectivity index (χ0) is 2.00. The Kier molecular flexibility index (Phi) is 113. The molecule has 0 aliphatic rings. The van der Waals surface area contributed by atoms with Crippen LogP contribution in [-0.4, -0.2) is 35.3 Å². The summed E-state index contributed by atoms with van der Waals surface area (Å²) in [4.78, 5) is 0. The molecule has 0 radical (unpaired) electrons. The number of hydrogen-bond acceptors (Lipinski definition) is 1. The second-order valence-corrected chi connectivity index (χ2v) is 0. The average molecular weight is 186 g/mol.